The molecule has 2 aliphatic heterocycles. The van der Waals surface area contributed by atoms with E-state index in [2.05, 4.69) is 20.2 Å². The number of likely N-dealkylation sites (N-methyl/N-ethyl adjacent to an activating group) is 1. The summed E-state index contributed by atoms with van der Waals surface area (Å²) in [6.07, 6.45) is -1.86. The van der Waals surface area contributed by atoms with E-state index in [0.29, 0.717) is 18.8 Å². The van der Waals surface area contributed by atoms with E-state index >= 15 is 0 Å². The number of likely N-dealkylation sites (tertiary alicyclic amines) is 1. The number of piperidine rings is 1. The highest BCUT2D eigenvalue weighted by Crippen LogP contribution is 2.33. The number of carbonyl (C=O) groups excluding carboxylic acids is 1. The molecule has 0 aromatic carbocycles. The van der Waals surface area contributed by atoms with Crippen LogP contribution in [0.2, 0.25) is 0 Å². The van der Waals surface area contributed by atoms with E-state index in [1.54, 1.807) is 0 Å². The van der Waals surface area contributed by atoms with Gasteiger partial charge in [-0.3, -0.25) is 4.79 Å². The first-order valence-electron chi connectivity index (χ1n) is 8.37. The Morgan fingerprint density at radius 3 is 2.76 bits per heavy atom. The Labute approximate surface area is 144 Å². The number of anilines is 1. The van der Waals surface area contributed by atoms with E-state index in [0.717, 1.165) is 29.1 Å². The minimum Gasteiger partial charge on any atom is -0.365 e. The molecule has 6 nitrogen and oxygen atoms in total. The highest BCUT2D eigenvalue weighted by Gasteiger charge is 2.47. The highest BCUT2D eigenvalue weighted by molar-refractivity contribution is 5.74. The van der Waals surface area contributed by atoms with Crippen molar-refractivity contribution in [2.24, 2.45) is 0 Å². The number of alkyl halides is 3. The van der Waals surface area contributed by atoms with Gasteiger partial charge in [-0.05, 0) is 19.9 Å². The normalized spacial score (nSPS) is 24.8. The van der Waals surface area contributed by atoms with Crippen molar-refractivity contribution in [3.05, 3.63) is 17.6 Å². The van der Waals surface area contributed by atoms with Gasteiger partial charge in [-0.25, -0.2) is 9.97 Å². The maximum Gasteiger partial charge on any atom is 0.408 e. The summed E-state index contributed by atoms with van der Waals surface area (Å²) in [6, 6.07) is -1.96. The zero-order chi connectivity index (χ0) is 18.2. The van der Waals surface area contributed by atoms with Crippen molar-refractivity contribution in [1.29, 1.82) is 0 Å². The number of amides is 1. The van der Waals surface area contributed by atoms with Crippen LogP contribution in [0.3, 0.4) is 0 Å². The first-order valence-corrected chi connectivity index (χ1v) is 8.37. The number of rotatable bonds is 2. The van der Waals surface area contributed by atoms with Crippen molar-refractivity contribution in [3.63, 3.8) is 0 Å². The fraction of sp³-hybridized carbons (Fsp3) is 0.688. The molecule has 0 spiro atoms. The quantitative estimate of drug-likeness (QED) is 0.875. The van der Waals surface area contributed by atoms with Crippen LogP contribution in [0.15, 0.2) is 6.33 Å². The number of fused-ring (bicyclic) bond motifs is 1. The fourth-order valence-corrected chi connectivity index (χ4v) is 3.57. The van der Waals surface area contributed by atoms with Gasteiger partial charge in [-0.2, -0.15) is 13.2 Å². The SMILES string of the molecule is CC(=O)N1CC(Nc2ncnc3c2CN(C)CC3)CCC1C(F)(F)F. The zero-order valence-electron chi connectivity index (χ0n) is 14.3. The number of aromatic nitrogens is 2. The Balaban J connectivity index is 1.76. The summed E-state index contributed by atoms with van der Waals surface area (Å²) in [6.45, 7) is 2.82. The third-order valence-corrected chi connectivity index (χ3v) is 4.90. The van der Waals surface area contributed by atoms with Gasteiger partial charge < -0.3 is 15.1 Å². The molecular formula is C16H22F3N5O. The Morgan fingerprint density at radius 2 is 2.08 bits per heavy atom. The average molecular weight is 357 g/mol. The van der Waals surface area contributed by atoms with Crippen molar-refractivity contribution < 1.29 is 18.0 Å². The van der Waals surface area contributed by atoms with Crippen LogP contribution in [0.4, 0.5) is 19.0 Å². The van der Waals surface area contributed by atoms with Gasteiger partial charge in [0.05, 0.1) is 5.69 Å². The molecule has 2 aliphatic rings. The summed E-state index contributed by atoms with van der Waals surface area (Å²) in [4.78, 5) is 23.4. The number of nitrogens with zero attached hydrogens (tertiary/aromatic N) is 4. The number of hydrogen-bond acceptors (Lipinski definition) is 5. The summed E-state index contributed by atoms with van der Waals surface area (Å²) in [7, 11) is 2.01. The van der Waals surface area contributed by atoms with E-state index < -0.39 is 18.1 Å². The second kappa shape index (κ2) is 6.78. The van der Waals surface area contributed by atoms with E-state index in [1.165, 1.54) is 13.3 Å². The van der Waals surface area contributed by atoms with Crippen LogP contribution in [0, 0.1) is 0 Å². The Kier molecular flexibility index (Phi) is 4.86. The molecule has 0 bridgehead atoms. The summed E-state index contributed by atoms with van der Waals surface area (Å²) < 4.78 is 39.4. The van der Waals surface area contributed by atoms with Crippen LogP contribution in [-0.4, -0.2) is 64.1 Å². The molecule has 1 amide bonds. The van der Waals surface area contributed by atoms with Crippen LogP contribution >= 0.6 is 0 Å². The molecular weight excluding hydrogens is 335 g/mol. The Morgan fingerprint density at radius 1 is 1.32 bits per heavy atom. The molecule has 1 aromatic heterocycles. The predicted molar refractivity (Wildman–Crippen MR) is 85.9 cm³/mol. The predicted octanol–water partition coefficient (Wildman–Crippen LogP) is 1.82. The van der Waals surface area contributed by atoms with Gasteiger partial charge in [0.2, 0.25) is 5.91 Å². The van der Waals surface area contributed by atoms with Gasteiger partial charge in [0.15, 0.2) is 0 Å². The van der Waals surface area contributed by atoms with Gasteiger partial charge in [0, 0.05) is 44.6 Å². The lowest BCUT2D eigenvalue weighted by Crippen LogP contribution is -2.55. The molecule has 2 unspecified atom stereocenters. The number of halogens is 3. The largest absolute Gasteiger partial charge is 0.408 e. The second-order valence-corrected chi connectivity index (χ2v) is 6.78. The molecule has 3 rings (SSSR count). The monoisotopic (exact) mass is 357 g/mol. The Hall–Kier alpha value is -1.90. The van der Waals surface area contributed by atoms with Gasteiger partial charge in [0.1, 0.15) is 18.2 Å². The smallest absolute Gasteiger partial charge is 0.365 e. The number of carbonyl (C=O) groups is 1. The molecule has 3 heterocycles. The maximum atomic E-state index is 13.1. The first-order chi connectivity index (χ1) is 11.8. The van der Waals surface area contributed by atoms with Gasteiger partial charge in [-0.1, -0.05) is 0 Å². The van der Waals surface area contributed by atoms with Crippen molar-refractivity contribution in [2.75, 3.05) is 25.5 Å². The van der Waals surface area contributed by atoms with Crippen LogP contribution < -0.4 is 5.32 Å². The molecule has 1 fully saturated rings. The average Bonchev–Trinajstić information content (AvgIpc) is 2.54. The topological polar surface area (TPSA) is 61.4 Å². The summed E-state index contributed by atoms with van der Waals surface area (Å²) in [5.41, 5.74) is 1.96. The van der Waals surface area contributed by atoms with Crippen molar-refractivity contribution in [2.45, 2.75) is 51.0 Å². The molecule has 0 aliphatic carbocycles. The third-order valence-electron chi connectivity index (χ3n) is 4.90. The van der Waals surface area contributed by atoms with Crippen LogP contribution in [-0.2, 0) is 17.8 Å². The summed E-state index contributed by atoms with van der Waals surface area (Å²) in [5, 5.41) is 3.25. The minimum absolute atomic E-state index is 0.0219. The standard InChI is InChI=1S/C16H22F3N5O/c1-10(25)24-7-11(3-4-14(24)16(17,18)19)22-15-12-8-23(2)6-5-13(12)20-9-21-15/h9,11,14H,3-8H2,1-2H3,(H,20,21,22). The van der Waals surface area contributed by atoms with Gasteiger partial charge in [-0.15, -0.1) is 0 Å². The third kappa shape index (κ3) is 3.86. The van der Waals surface area contributed by atoms with Gasteiger partial charge >= 0.3 is 6.18 Å². The van der Waals surface area contributed by atoms with Crippen LogP contribution in [0.1, 0.15) is 31.0 Å². The highest BCUT2D eigenvalue weighted by atomic mass is 19.4. The molecule has 1 N–H and O–H groups in total. The fourth-order valence-electron chi connectivity index (χ4n) is 3.57. The van der Waals surface area contributed by atoms with Crippen LogP contribution in [0.5, 0.6) is 0 Å². The molecule has 1 aromatic rings. The molecule has 25 heavy (non-hydrogen) atoms. The van der Waals surface area contributed by atoms with Crippen molar-refractivity contribution >= 4 is 11.7 Å². The van der Waals surface area contributed by atoms with E-state index in [9.17, 15) is 18.0 Å². The summed E-state index contributed by atoms with van der Waals surface area (Å²) >= 11 is 0. The van der Waals surface area contributed by atoms with E-state index in [-0.39, 0.29) is 19.0 Å². The van der Waals surface area contributed by atoms with E-state index in [1.807, 2.05) is 7.05 Å². The zero-order valence-corrected chi connectivity index (χ0v) is 14.3. The van der Waals surface area contributed by atoms with Crippen molar-refractivity contribution in [3.8, 4) is 0 Å². The lowest BCUT2D eigenvalue weighted by atomic mass is 9.97. The van der Waals surface area contributed by atoms with E-state index in [4.69, 9.17) is 0 Å². The molecule has 9 heteroatoms. The number of hydrogen-bond donors (Lipinski definition) is 1. The maximum absolute atomic E-state index is 13.1. The van der Waals surface area contributed by atoms with Crippen molar-refractivity contribution in [1.82, 2.24) is 19.8 Å². The van der Waals surface area contributed by atoms with Crippen LogP contribution in [0.25, 0.3) is 0 Å². The number of nitrogens with one attached hydrogen (secondary N) is 1. The summed E-state index contributed by atoms with van der Waals surface area (Å²) in [5.74, 6) is 0.105. The molecule has 0 saturated carbocycles. The Bertz CT molecular complexity index is 651. The lowest BCUT2D eigenvalue weighted by Gasteiger charge is -2.40. The molecule has 1 saturated heterocycles. The molecule has 0 radical (unpaired) electrons. The molecule has 138 valence electrons. The lowest BCUT2D eigenvalue weighted by molar-refractivity contribution is -0.195. The second-order valence-electron chi connectivity index (χ2n) is 6.78. The molecule has 2 atom stereocenters. The minimum atomic E-state index is -4.40. The van der Waals surface area contributed by atoms with Gasteiger partial charge in [0.25, 0.3) is 0 Å². The first kappa shape index (κ1) is 17.9.